The fraction of sp³-hybridized carbons (Fsp3) is 0.538. The van der Waals surface area contributed by atoms with Gasteiger partial charge in [-0.25, -0.2) is 0 Å². The molecule has 0 saturated heterocycles. The van der Waals surface area contributed by atoms with Crippen LogP contribution >= 0.6 is 0 Å². The molecule has 0 aliphatic rings. The fourth-order valence-corrected chi connectivity index (χ4v) is 1.55. The molecule has 0 aliphatic carbocycles. The van der Waals surface area contributed by atoms with E-state index in [1.807, 2.05) is 32.0 Å². The fourth-order valence-electron chi connectivity index (χ4n) is 1.55. The summed E-state index contributed by atoms with van der Waals surface area (Å²) >= 11 is 0. The second kappa shape index (κ2) is 5.64. The van der Waals surface area contributed by atoms with E-state index in [0.29, 0.717) is 0 Å². The first kappa shape index (κ1) is 12.7. The summed E-state index contributed by atoms with van der Waals surface area (Å²) in [5.41, 5.74) is 0.381. The van der Waals surface area contributed by atoms with Crippen LogP contribution in [0.1, 0.15) is 39.3 Å². The van der Waals surface area contributed by atoms with E-state index in [2.05, 4.69) is 11.9 Å². The van der Waals surface area contributed by atoms with Crippen molar-refractivity contribution in [3.63, 3.8) is 0 Å². The molecule has 1 rings (SSSR count). The first-order chi connectivity index (χ1) is 7.56. The number of rotatable bonds is 5. The lowest BCUT2D eigenvalue weighted by Gasteiger charge is -2.21. The van der Waals surface area contributed by atoms with Crippen molar-refractivity contribution in [1.29, 1.82) is 0 Å². The lowest BCUT2D eigenvalue weighted by Crippen LogP contribution is -2.26. The number of carbonyl (C=O) groups is 1. The van der Waals surface area contributed by atoms with Gasteiger partial charge in [-0.3, -0.25) is 9.78 Å². The minimum Gasteiger partial charge on any atom is -0.459 e. The quantitative estimate of drug-likeness (QED) is 0.717. The molecule has 0 saturated carbocycles. The number of nitrogens with zero attached hydrogens (tertiary/aromatic N) is 1. The van der Waals surface area contributed by atoms with Crippen LogP contribution in [0.2, 0.25) is 0 Å². The Kier molecular flexibility index (Phi) is 4.47. The molecule has 0 amide bonds. The highest BCUT2D eigenvalue weighted by Crippen LogP contribution is 2.24. The van der Waals surface area contributed by atoms with Crippen LogP contribution in [0.25, 0.3) is 0 Å². The van der Waals surface area contributed by atoms with Gasteiger partial charge in [0, 0.05) is 6.20 Å². The van der Waals surface area contributed by atoms with Crippen LogP contribution < -0.4 is 0 Å². The number of hydrogen-bond donors (Lipinski definition) is 0. The normalized spacial score (nSPS) is 11.2. The maximum absolute atomic E-state index is 11.8. The van der Waals surface area contributed by atoms with Gasteiger partial charge in [-0.1, -0.05) is 19.4 Å². The zero-order valence-corrected chi connectivity index (χ0v) is 10.2. The number of esters is 1. The second-order valence-corrected chi connectivity index (χ2v) is 4.53. The minimum atomic E-state index is -0.399. The van der Waals surface area contributed by atoms with E-state index in [1.54, 1.807) is 6.20 Å². The Morgan fingerprint density at radius 3 is 2.75 bits per heavy atom. The Balaban J connectivity index is 2.47. The predicted molar refractivity (Wildman–Crippen MR) is 62.7 cm³/mol. The lowest BCUT2D eigenvalue weighted by atomic mass is 9.88. The van der Waals surface area contributed by atoms with Crippen LogP contribution in [0.3, 0.4) is 0 Å². The topological polar surface area (TPSA) is 39.2 Å². The van der Waals surface area contributed by atoms with E-state index in [9.17, 15) is 4.79 Å². The van der Waals surface area contributed by atoms with Crippen molar-refractivity contribution < 1.29 is 9.53 Å². The van der Waals surface area contributed by atoms with Crippen LogP contribution in [0.5, 0.6) is 0 Å². The number of aromatic nitrogens is 1. The summed E-state index contributed by atoms with van der Waals surface area (Å²) in [4.78, 5) is 15.9. The largest absolute Gasteiger partial charge is 0.459 e. The second-order valence-electron chi connectivity index (χ2n) is 4.53. The summed E-state index contributed by atoms with van der Waals surface area (Å²) in [5, 5.41) is 0. The third-order valence-electron chi connectivity index (χ3n) is 2.50. The number of hydrogen-bond acceptors (Lipinski definition) is 3. The molecule has 16 heavy (non-hydrogen) atoms. The highest BCUT2D eigenvalue weighted by atomic mass is 16.5. The standard InChI is InChI=1S/C13H19NO2/c1-4-8-13(2,3)12(15)16-10-11-7-5-6-9-14-11/h5-7,9H,4,8,10H2,1-3H3. The molecule has 1 aromatic heterocycles. The van der Waals surface area contributed by atoms with Gasteiger partial charge >= 0.3 is 5.97 Å². The Morgan fingerprint density at radius 2 is 2.19 bits per heavy atom. The van der Waals surface area contributed by atoms with Gasteiger partial charge in [0.1, 0.15) is 6.61 Å². The summed E-state index contributed by atoms with van der Waals surface area (Å²) in [6.07, 6.45) is 3.51. The lowest BCUT2D eigenvalue weighted by molar-refractivity contribution is -0.155. The third kappa shape index (κ3) is 3.65. The van der Waals surface area contributed by atoms with E-state index >= 15 is 0 Å². The van der Waals surface area contributed by atoms with Crippen LogP contribution in [0.15, 0.2) is 24.4 Å². The van der Waals surface area contributed by atoms with Gasteiger partial charge in [0.05, 0.1) is 11.1 Å². The van der Waals surface area contributed by atoms with Crippen LogP contribution in [-0.2, 0) is 16.1 Å². The molecule has 3 heteroatoms. The molecular weight excluding hydrogens is 202 g/mol. The van der Waals surface area contributed by atoms with Gasteiger partial charge in [-0.2, -0.15) is 0 Å². The number of pyridine rings is 1. The molecular formula is C13H19NO2. The summed E-state index contributed by atoms with van der Waals surface area (Å²) in [5.74, 6) is -0.153. The Labute approximate surface area is 96.8 Å². The van der Waals surface area contributed by atoms with Gasteiger partial charge in [-0.05, 0) is 32.4 Å². The van der Waals surface area contributed by atoms with E-state index in [1.165, 1.54) is 0 Å². The van der Waals surface area contributed by atoms with E-state index in [0.717, 1.165) is 18.5 Å². The molecule has 1 aromatic rings. The van der Waals surface area contributed by atoms with E-state index in [4.69, 9.17) is 4.74 Å². The predicted octanol–water partition coefficient (Wildman–Crippen LogP) is 2.95. The zero-order valence-electron chi connectivity index (χ0n) is 10.2. The maximum atomic E-state index is 11.8. The summed E-state index contributed by atoms with van der Waals surface area (Å²) in [6, 6.07) is 5.57. The highest BCUT2D eigenvalue weighted by molar-refractivity contribution is 5.75. The molecule has 3 nitrogen and oxygen atoms in total. The molecule has 0 bridgehead atoms. The third-order valence-corrected chi connectivity index (χ3v) is 2.50. The average molecular weight is 221 g/mol. The van der Waals surface area contributed by atoms with E-state index in [-0.39, 0.29) is 12.6 Å². The van der Waals surface area contributed by atoms with Gasteiger partial charge < -0.3 is 4.74 Å². The average Bonchev–Trinajstić information content (AvgIpc) is 2.27. The van der Waals surface area contributed by atoms with Crippen LogP contribution in [0, 0.1) is 5.41 Å². The molecule has 1 heterocycles. The van der Waals surface area contributed by atoms with Crippen molar-refractivity contribution in [3.8, 4) is 0 Å². The van der Waals surface area contributed by atoms with Gasteiger partial charge in [0.15, 0.2) is 0 Å². The van der Waals surface area contributed by atoms with E-state index < -0.39 is 5.41 Å². The van der Waals surface area contributed by atoms with Crippen molar-refractivity contribution in [1.82, 2.24) is 4.98 Å². The monoisotopic (exact) mass is 221 g/mol. The molecule has 0 unspecified atom stereocenters. The van der Waals surface area contributed by atoms with Gasteiger partial charge in [0.2, 0.25) is 0 Å². The van der Waals surface area contributed by atoms with Gasteiger partial charge in [-0.15, -0.1) is 0 Å². The molecule has 0 fully saturated rings. The SMILES string of the molecule is CCCC(C)(C)C(=O)OCc1ccccn1. The highest BCUT2D eigenvalue weighted by Gasteiger charge is 2.28. The first-order valence-electron chi connectivity index (χ1n) is 5.63. The van der Waals surface area contributed by atoms with Crippen molar-refractivity contribution in [2.24, 2.45) is 5.41 Å². The Bertz CT molecular complexity index is 333. The number of carbonyl (C=O) groups excluding carboxylic acids is 1. The molecule has 0 atom stereocenters. The Morgan fingerprint density at radius 1 is 1.44 bits per heavy atom. The molecule has 0 aromatic carbocycles. The van der Waals surface area contributed by atoms with Crippen molar-refractivity contribution in [3.05, 3.63) is 30.1 Å². The van der Waals surface area contributed by atoms with Gasteiger partial charge in [0.25, 0.3) is 0 Å². The van der Waals surface area contributed by atoms with Crippen molar-refractivity contribution in [2.75, 3.05) is 0 Å². The summed E-state index contributed by atoms with van der Waals surface area (Å²) in [6.45, 7) is 6.15. The molecule has 0 spiro atoms. The first-order valence-corrected chi connectivity index (χ1v) is 5.63. The van der Waals surface area contributed by atoms with Crippen LogP contribution in [0.4, 0.5) is 0 Å². The minimum absolute atomic E-state index is 0.153. The molecule has 0 aliphatic heterocycles. The maximum Gasteiger partial charge on any atom is 0.311 e. The summed E-state index contributed by atoms with van der Waals surface area (Å²) in [7, 11) is 0. The van der Waals surface area contributed by atoms with Crippen molar-refractivity contribution in [2.45, 2.75) is 40.2 Å². The molecule has 88 valence electrons. The Hall–Kier alpha value is -1.38. The smallest absolute Gasteiger partial charge is 0.311 e. The molecule has 0 N–H and O–H groups in total. The number of ether oxygens (including phenoxy) is 1. The summed E-state index contributed by atoms with van der Waals surface area (Å²) < 4.78 is 5.24. The van der Waals surface area contributed by atoms with Crippen LogP contribution in [-0.4, -0.2) is 11.0 Å². The zero-order chi connectivity index (χ0) is 12.0. The molecule has 0 radical (unpaired) electrons. The van der Waals surface area contributed by atoms with Crippen molar-refractivity contribution >= 4 is 5.97 Å².